The van der Waals surface area contributed by atoms with Crippen molar-refractivity contribution in [2.24, 2.45) is 0 Å². The predicted molar refractivity (Wildman–Crippen MR) is 54.9 cm³/mol. The van der Waals surface area contributed by atoms with Gasteiger partial charge in [0.1, 0.15) is 0 Å². The molecule has 1 aliphatic rings. The maximum atomic E-state index is 13.5. The van der Waals surface area contributed by atoms with Gasteiger partial charge >= 0.3 is 5.97 Å². The largest absolute Gasteiger partial charge is 0.463 e. The fourth-order valence-electron chi connectivity index (χ4n) is 1.71. The van der Waals surface area contributed by atoms with E-state index in [-0.39, 0.29) is 17.7 Å². The fourth-order valence-corrected chi connectivity index (χ4v) is 1.71. The third kappa shape index (κ3) is 1.50. The predicted octanol–water partition coefficient (Wildman–Crippen LogP) is 2.74. The Bertz CT molecular complexity index is 464. The van der Waals surface area contributed by atoms with Gasteiger partial charge in [-0.3, -0.25) is 0 Å². The Labute approximate surface area is 91.5 Å². The summed E-state index contributed by atoms with van der Waals surface area (Å²) in [7, 11) is 0. The third-order valence-corrected chi connectivity index (χ3v) is 2.44. The zero-order valence-corrected chi connectivity index (χ0v) is 8.67. The Balaban J connectivity index is 2.36. The zero-order valence-electron chi connectivity index (χ0n) is 8.67. The number of carbonyl (C=O) groups excluding carboxylic acids is 1. The number of benzene rings is 1. The van der Waals surface area contributed by atoms with Gasteiger partial charge in [-0.1, -0.05) is 24.3 Å². The van der Waals surface area contributed by atoms with E-state index in [9.17, 15) is 13.6 Å². The average molecular weight is 224 g/mol. The molecule has 0 aliphatic heterocycles. The summed E-state index contributed by atoms with van der Waals surface area (Å²) in [6.45, 7) is 1.80. The maximum Gasteiger partial charge on any atom is 0.331 e. The monoisotopic (exact) mass is 224 g/mol. The number of ether oxygens (including phenoxy) is 1. The van der Waals surface area contributed by atoms with Crippen LogP contribution in [-0.2, 0) is 15.5 Å². The molecule has 1 aromatic rings. The minimum absolute atomic E-state index is 0.0365. The Hall–Kier alpha value is -1.71. The van der Waals surface area contributed by atoms with Gasteiger partial charge in [0.2, 0.25) is 0 Å². The van der Waals surface area contributed by atoms with Crippen LogP contribution in [0.25, 0.3) is 5.57 Å². The smallest absolute Gasteiger partial charge is 0.331 e. The highest BCUT2D eigenvalue weighted by molar-refractivity contribution is 5.97. The van der Waals surface area contributed by atoms with E-state index in [0.29, 0.717) is 5.56 Å². The summed E-state index contributed by atoms with van der Waals surface area (Å²) in [5, 5.41) is 0. The lowest BCUT2D eigenvalue weighted by Crippen LogP contribution is -2.29. The van der Waals surface area contributed by atoms with E-state index in [2.05, 4.69) is 4.74 Å². The van der Waals surface area contributed by atoms with Gasteiger partial charge in [0.15, 0.2) is 0 Å². The number of hydrogen-bond donors (Lipinski definition) is 0. The lowest BCUT2D eigenvalue weighted by molar-refractivity contribution is -0.137. The van der Waals surface area contributed by atoms with Crippen molar-refractivity contribution in [2.45, 2.75) is 12.8 Å². The quantitative estimate of drug-likeness (QED) is 0.570. The molecular formula is C12H10F2O2. The van der Waals surface area contributed by atoms with Crippen LogP contribution in [0.2, 0.25) is 0 Å². The summed E-state index contributed by atoms with van der Waals surface area (Å²) in [6.07, 6.45) is 0.867. The van der Waals surface area contributed by atoms with Crippen molar-refractivity contribution in [1.82, 2.24) is 0 Å². The summed E-state index contributed by atoms with van der Waals surface area (Å²) in [4.78, 5) is 11.1. The standard InChI is InChI=1S/C12H10F2O2/c1-2-16-11(15)7-10-8-5-3-4-6-9(8)12(10,13)14/h3-7H,2H2,1H3/b10-7-. The zero-order chi connectivity index (χ0) is 11.8. The Kier molecular flexibility index (Phi) is 2.50. The van der Waals surface area contributed by atoms with E-state index < -0.39 is 11.9 Å². The number of allylic oxidation sites excluding steroid dienone is 1. The number of halogens is 2. The van der Waals surface area contributed by atoms with E-state index in [1.807, 2.05) is 0 Å². The van der Waals surface area contributed by atoms with E-state index >= 15 is 0 Å². The molecule has 4 heteroatoms. The van der Waals surface area contributed by atoms with Crippen LogP contribution in [0.4, 0.5) is 8.78 Å². The van der Waals surface area contributed by atoms with Crippen LogP contribution < -0.4 is 0 Å². The SMILES string of the molecule is CCOC(=O)/C=C1/c2ccccc2C1(F)F. The van der Waals surface area contributed by atoms with E-state index in [1.165, 1.54) is 6.07 Å². The molecule has 1 aliphatic carbocycles. The first-order valence-corrected chi connectivity index (χ1v) is 4.94. The van der Waals surface area contributed by atoms with Crippen molar-refractivity contribution in [3.8, 4) is 0 Å². The lowest BCUT2D eigenvalue weighted by Gasteiger charge is -2.32. The van der Waals surface area contributed by atoms with E-state index in [4.69, 9.17) is 0 Å². The van der Waals surface area contributed by atoms with Crippen LogP contribution in [0, 0.1) is 0 Å². The van der Waals surface area contributed by atoms with Gasteiger partial charge in [-0.25, -0.2) is 4.79 Å². The number of fused-ring (bicyclic) bond motifs is 1. The molecular weight excluding hydrogens is 214 g/mol. The number of esters is 1. The molecule has 2 nitrogen and oxygen atoms in total. The van der Waals surface area contributed by atoms with Crippen LogP contribution in [0.3, 0.4) is 0 Å². The number of hydrogen-bond acceptors (Lipinski definition) is 2. The van der Waals surface area contributed by atoms with Gasteiger partial charge in [0.05, 0.1) is 6.61 Å². The molecule has 0 bridgehead atoms. The molecule has 0 fully saturated rings. The van der Waals surface area contributed by atoms with Gasteiger partial charge in [-0.05, 0) is 12.5 Å². The Morgan fingerprint density at radius 1 is 1.44 bits per heavy atom. The second kappa shape index (κ2) is 3.70. The first-order chi connectivity index (χ1) is 7.57. The topological polar surface area (TPSA) is 26.3 Å². The van der Waals surface area contributed by atoms with Crippen LogP contribution >= 0.6 is 0 Å². The minimum atomic E-state index is -3.04. The Morgan fingerprint density at radius 3 is 2.81 bits per heavy atom. The normalized spacial score (nSPS) is 18.8. The average Bonchev–Trinajstić information content (AvgIpc) is 2.26. The van der Waals surface area contributed by atoms with Gasteiger partial charge in [0.25, 0.3) is 5.92 Å². The molecule has 0 aromatic heterocycles. The van der Waals surface area contributed by atoms with Crippen molar-refractivity contribution < 1.29 is 18.3 Å². The second-order valence-electron chi connectivity index (χ2n) is 3.43. The highest BCUT2D eigenvalue weighted by Gasteiger charge is 2.49. The molecule has 0 N–H and O–H groups in total. The molecule has 0 radical (unpaired) electrons. The summed E-state index contributed by atoms with van der Waals surface area (Å²) in [5.74, 6) is -3.77. The molecule has 0 amide bonds. The fraction of sp³-hybridized carbons (Fsp3) is 0.250. The van der Waals surface area contributed by atoms with Crippen molar-refractivity contribution in [3.05, 3.63) is 41.5 Å². The highest BCUT2D eigenvalue weighted by atomic mass is 19.3. The molecule has 0 saturated carbocycles. The number of carbonyl (C=O) groups is 1. The molecule has 0 unspecified atom stereocenters. The van der Waals surface area contributed by atoms with E-state index in [0.717, 1.165) is 6.08 Å². The first-order valence-electron chi connectivity index (χ1n) is 4.94. The summed E-state index contributed by atoms with van der Waals surface area (Å²) >= 11 is 0. The van der Waals surface area contributed by atoms with Crippen LogP contribution in [0.1, 0.15) is 18.1 Å². The second-order valence-corrected chi connectivity index (χ2v) is 3.43. The molecule has 0 atom stereocenters. The summed E-state index contributed by atoms with van der Waals surface area (Å²) < 4.78 is 31.6. The third-order valence-electron chi connectivity index (χ3n) is 2.44. The van der Waals surface area contributed by atoms with Crippen LogP contribution in [-0.4, -0.2) is 12.6 Å². The van der Waals surface area contributed by atoms with Crippen LogP contribution in [0.15, 0.2) is 30.3 Å². The summed E-state index contributed by atoms with van der Waals surface area (Å²) in [5.41, 5.74) is 0.118. The van der Waals surface area contributed by atoms with E-state index in [1.54, 1.807) is 25.1 Å². The first kappa shape index (κ1) is 10.8. The summed E-state index contributed by atoms with van der Waals surface area (Å²) in [6, 6.07) is 6.14. The lowest BCUT2D eigenvalue weighted by atomic mass is 9.79. The van der Waals surface area contributed by atoms with Crippen molar-refractivity contribution in [1.29, 1.82) is 0 Å². The molecule has 1 aromatic carbocycles. The van der Waals surface area contributed by atoms with Gasteiger partial charge in [0, 0.05) is 17.2 Å². The van der Waals surface area contributed by atoms with Crippen molar-refractivity contribution >= 4 is 11.5 Å². The van der Waals surface area contributed by atoms with Crippen molar-refractivity contribution in [2.75, 3.05) is 6.61 Å². The molecule has 16 heavy (non-hydrogen) atoms. The highest BCUT2D eigenvalue weighted by Crippen LogP contribution is 2.53. The Morgan fingerprint density at radius 2 is 2.12 bits per heavy atom. The molecule has 0 spiro atoms. The number of rotatable bonds is 2. The molecule has 0 heterocycles. The number of alkyl halides is 2. The van der Waals surface area contributed by atoms with Gasteiger partial charge in [-0.15, -0.1) is 0 Å². The van der Waals surface area contributed by atoms with Gasteiger partial charge < -0.3 is 4.74 Å². The maximum absolute atomic E-state index is 13.5. The molecule has 0 saturated heterocycles. The minimum Gasteiger partial charge on any atom is -0.463 e. The molecule has 84 valence electrons. The molecule has 2 rings (SSSR count). The van der Waals surface area contributed by atoms with Gasteiger partial charge in [-0.2, -0.15) is 8.78 Å². The van der Waals surface area contributed by atoms with Crippen molar-refractivity contribution in [3.63, 3.8) is 0 Å². The van der Waals surface area contributed by atoms with Crippen LogP contribution in [0.5, 0.6) is 0 Å².